The molecular formula is C13H16N2O2. The van der Waals surface area contributed by atoms with Crippen LogP contribution >= 0.6 is 0 Å². The molecule has 0 aliphatic heterocycles. The van der Waals surface area contributed by atoms with E-state index < -0.39 is 0 Å². The molecule has 0 saturated carbocycles. The number of para-hydroxylation sites is 1. The van der Waals surface area contributed by atoms with Crippen molar-refractivity contribution in [3.05, 3.63) is 29.8 Å². The lowest BCUT2D eigenvalue weighted by Crippen LogP contribution is -2.21. The maximum absolute atomic E-state index is 11.3. The molecule has 1 rings (SSSR count). The third-order valence-corrected chi connectivity index (χ3v) is 2.30. The van der Waals surface area contributed by atoms with E-state index in [4.69, 9.17) is 10.00 Å². The van der Waals surface area contributed by atoms with E-state index in [1.165, 1.54) is 0 Å². The van der Waals surface area contributed by atoms with Crippen molar-refractivity contribution >= 4 is 5.91 Å². The van der Waals surface area contributed by atoms with Gasteiger partial charge in [0.25, 0.3) is 0 Å². The summed E-state index contributed by atoms with van der Waals surface area (Å²) in [6.07, 6.45) is 1.11. The molecule has 17 heavy (non-hydrogen) atoms. The Kier molecular flexibility index (Phi) is 5.02. The zero-order chi connectivity index (χ0) is 12.7. The summed E-state index contributed by atoms with van der Waals surface area (Å²) in [5.74, 6) is 0.662. The Morgan fingerprint density at radius 1 is 1.41 bits per heavy atom. The molecule has 0 aliphatic rings. The van der Waals surface area contributed by atoms with E-state index in [1.807, 2.05) is 6.07 Å². The molecule has 0 spiro atoms. The van der Waals surface area contributed by atoms with E-state index in [9.17, 15) is 4.79 Å². The van der Waals surface area contributed by atoms with Crippen molar-refractivity contribution in [1.29, 1.82) is 5.26 Å². The van der Waals surface area contributed by atoms with Crippen molar-refractivity contribution in [2.75, 3.05) is 20.7 Å². The molecule has 1 amide bonds. The third-order valence-electron chi connectivity index (χ3n) is 2.30. The van der Waals surface area contributed by atoms with Gasteiger partial charge in [0.15, 0.2) is 0 Å². The maximum Gasteiger partial charge on any atom is 0.222 e. The summed E-state index contributed by atoms with van der Waals surface area (Å²) in [7, 11) is 3.46. The van der Waals surface area contributed by atoms with Crippen molar-refractivity contribution < 1.29 is 9.53 Å². The molecule has 1 aromatic carbocycles. The quantitative estimate of drug-likeness (QED) is 0.727. The van der Waals surface area contributed by atoms with Crippen LogP contribution in [0.4, 0.5) is 0 Å². The van der Waals surface area contributed by atoms with Crippen LogP contribution in [0, 0.1) is 11.3 Å². The van der Waals surface area contributed by atoms with Crippen molar-refractivity contribution in [1.82, 2.24) is 4.90 Å². The predicted molar refractivity (Wildman–Crippen MR) is 64.6 cm³/mol. The Morgan fingerprint density at radius 2 is 2.12 bits per heavy atom. The van der Waals surface area contributed by atoms with Crippen LogP contribution in [0.3, 0.4) is 0 Å². The number of rotatable bonds is 5. The Morgan fingerprint density at radius 3 is 2.76 bits per heavy atom. The van der Waals surface area contributed by atoms with Gasteiger partial charge in [-0.3, -0.25) is 4.79 Å². The minimum absolute atomic E-state index is 0.0853. The van der Waals surface area contributed by atoms with Crippen LogP contribution in [-0.2, 0) is 4.79 Å². The first kappa shape index (κ1) is 13.0. The molecule has 0 unspecified atom stereocenters. The first-order chi connectivity index (χ1) is 8.15. The number of nitriles is 1. The van der Waals surface area contributed by atoms with Crippen LogP contribution in [0.25, 0.3) is 0 Å². The summed E-state index contributed by atoms with van der Waals surface area (Å²) < 4.78 is 5.46. The van der Waals surface area contributed by atoms with Gasteiger partial charge >= 0.3 is 0 Å². The van der Waals surface area contributed by atoms with Gasteiger partial charge in [0.1, 0.15) is 11.8 Å². The second kappa shape index (κ2) is 6.54. The van der Waals surface area contributed by atoms with Crippen molar-refractivity contribution in [2.45, 2.75) is 12.8 Å². The summed E-state index contributed by atoms with van der Waals surface area (Å²) in [6, 6.07) is 9.14. The van der Waals surface area contributed by atoms with Gasteiger partial charge in [-0.1, -0.05) is 12.1 Å². The highest BCUT2D eigenvalue weighted by atomic mass is 16.5. The first-order valence-electron chi connectivity index (χ1n) is 5.47. The molecule has 0 heterocycles. The van der Waals surface area contributed by atoms with Crippen molar-refractivity contribution in [3.8, 4) is 11.8 Å². The SMILES string of the molecule is CN(C)C(=O)CCCOc1ccccc1C#N. The second-order valence-electron chi connectivity index (χ2n) is 3.85. The zero-order valence-electron chi connectivity index (χ0n) is 10.1. The van der Waals surface area contributed by atoms with Gasteiger partial charge in [0.05, 0.1) is 12.2 Å². The van der Waals surface area contributed by atoms with Crippen LogP contribution < -0.4 is 4.74 Å². The smallest absolute Gasteiger partial charge is 0.222 e. The number of carbonyl (C=O) groups is 1. The van der Waals surface area contributed by atoms with E-state index >= 15 is 0 Å². The summed E-state index contributed by atoms with van der Waals surface area (Å²) in [6.45, 7) is 0.443. The lowest BCUT2D eigenvalue weighted by molar-refractivity contribution is -0.128. The highest BCUT2D eigenvalue weighted by Gasteiger charge is 2.04. The predicted octanol–water partition coefficient (Wildman–Crippen LogP) is 1.81. The molecule has 0 saturated heterocycles. The van der Waals surface area contributed by atoms with Gasteiger partial charge < -0.3 is 9.64 Å². The Bertz CT molecular complexity index is 422. The number of carbonyl (C=O) groups excluding carboxylic acids is 1. The van der Waals surface area contributed by atoms with Crippen LogP contribution in [0.15, 0.2) is 24.3 Å². The highest BCUT2D eigenvalue weighted by Crippen LogP contribution is 2.16. The topological polar surface area (TPSA) is 53.3 Å². The number of ether oxygens (including phenoxy) is 1. The third kappa shape index (κ3) is 4.15. The molecule has 0 aromatic heterocycles. The standard InChI is InChI=1S/C13H16N2O2/c1-15(2)13(16)8-5-9-17-12-7-4-3-6-11(12)10-14/h3-4,6-7H,5,8-9H2,1-2H3. The molecule has 0 atom stereocenters. The second-order valence-corrected chi connectivity index (χ2v) is 3.85. The molecular weight excluding hydrogens is 216 g/mol. The Labute approximate surface area is 101 Å². The van der Waals surface area contributed by atoms with E-state index in [0.29, 0.717) is 30.8 Å². The molecule has 0 fully saturated rings. The zero-order valence-corrected chi connectivity index (χ0v) is 10.1. The molecule has 0 bridgehead atoms. The lowest BCUT2D eigenvalue weighted by Gasteiger charge is -2.10. The Hall–Kier alpha value is -2.02. The van der Waals surface area contributed by atoms with Gasteiger partial charge in [-0.25, -0.2) is 0 Å². The number of amides is 1. The van der Waals surface area contributed by atoms with Crippen molar-refractivity contribution in [3.63, 3.8) is 0 Å². The first-order valence-corrected chi connectivity index (χ1v) is 5.47. The number of nitrogens with zero attached hydrogens (tertiary/aromatic N) is 2. The molecule has 0 aliphatic carbocycles. The van der Waals surface area contributed by atoms with Crippen LogP contribution in [-0.4, -0.2) is 31.5 Å². The van der Waals surface area contributed by atoms with E-state index in [0.717, 1.165) is 0 Å². The number of benzene rings is 1. The fourth-order valence-electron chi connectivity index (χ4n) is 1.31. The average molecular weight is 232 g/mol. The summed E-state index contributed by atoms with van der Waals surface area (Å²) in [5, 5.41) is 8.85. The maximum atomic E-state index is 11.3. The minimum atomic E-state index is 0.0853. The molecule has 0 N–H and O–H groups in total. The lowest BCUT2D eigenvalue weighted by atomic mass is 10.2. The molecule has 4 heteroatoms. The van der Waals surface area contributed by atoms with Crippen LogP contribution in [0.2, 0.25) is 0 Å². The van der Waals surface area contributed by atoms with Crippen LogP contribution in [0.1, 0.15) is 18.4 Å². The fraction of sp³-hybridized carbons (Fsp3) is 0.385. The molecule has 4 nitrogen and oxygen atoms in total. The molecule has 1 aromatic rings. The van der Waals surface area contributed by atoms with E-state index in [1.54, 1.807) is 37.2 Å². The highest BCUT2D eigenvalue weighted by molar-refractivity contribution is 5.75. The Balaban J connectivity index is 2.37. The summed E-state index contributed by atoms with van der Waals surface area (Å²) in [4.78, 5) is 12.9. The monoisotopic (exact) mass is 232 g/mol. The summed E-state index contributed by atoms with van der Waals surface area (Å²) >= 11 is 0. The van der Waals surface area contributed by atoms with Gasteiger partial charge in [0, 0.05) is 20.5 Å². The molecule has 0 radical (unpaired) electrons. The van der Waals surface area contributed by atoms with Gasteiger partial charge in [-0.2, -0.15) is 5.26 Å². The average Bonchev–Trinajstić information content (AvgIpc) is 2.34. The van der Waals surface area contributed by atoms with Gasteiger partial charge in [-0.15, -0.1) is 0 Å². The van der Waals surface area contributed by atoms with E-state index in [2.05, 4.69) is 6.07 Å². The fourth-order valence-corrected chi connectivity index (χ4v) is 1.31. The van der Waals surface area contributed by atoms with Gasteiger partial charge in [-0.05, 0) is 18.6 Å². The van der Waals surface area contributed by atoms with Crippen LogP contribution in [0.5, 0.6) is 5.75 Å². The van der Waals surface area contributed by atoms with Gasteiger partial charge in [0.2, 0.25) is 5.91 Å². The van der Waals surface area contributed by atoms with E-state index in [-0.39, 0.29) is 5.91 Å². The summed E-state index contributed by atoms with van der Waals surface area (Å²) in [5.41, 5.74) is 0.520. The van der Waals surface area contributed by atoms with Crippen molar-refractivity contribution in [2.24, 2.45) is 0 Å². The molecule has 90 valence electrons. The minimum Gasteiger partial charge on any atom is -0.492 e. The largest absolute Gasteiger partial charge is 0.492 e. The number of hydrogen-bond acceptors (Lipinski definition) is 3. The number of hydrogen-bond donors (Lipinski definition) is 0. The normalized spacial score (nSPS) is 9.47.